The van der Waals surface area contributed by atoms with Crippen LogP contribution in [0.4, 0.5) is 34.1 Å². The Kier molecular flexibility index (Phi) is 8.46. The molecule has 0 amide bonds. The molecule has 62 heavy (non-hydrogen) atoms. The number of furan rings is 1. The Morgan fingerprint density at radius 3 is 1.45 bits per heavy atom. The van der Waals surface area contributed by atoms with Gasteiger partial charge >= 0.3 is 0 Å². The van der Waals surface area contributed by atoms with E-state index in [1.54, 1.807) is 0 Å². The smallest absolute Gasteiger partial charge is 0.136 e. The van der Waals surface area contributed by atoms with Crippen molar-refractivity contribution in [3.8, 4) is 16.8 Å². The lowest BCUT2D eigenvalue weighted by atomic mass is 10.0. The van der Waals surface area contributed by atoms with Crippen molar-refractivity contribution in [3.05, 3.63) is 237 Å². The molecule has 0 bridgehead atoms. The van der Waals surface area contributed by atoms with Crippen LogP contribution in [0, 0.1) is 0 Å². The van der Waals surface area contributed by atoms with Gasteiger partial charge in [0.25, 0.3) is 0 Å². The number of rotatable bonds is 8. The Morgan fingerprint density at radius 1 is 0.306 bits per heavy atom. The first-order valence-electron chi connectivity index (χ1n) is 21.1. The average molecular weight is 794 g/mol. The van der Waals surface area contributed by atoms with Gasteiger partial charge in [-0.1, -0.05) is 133 Å². The second-order valence-electron chi connectivity index (χ2n) is 15.8. The predicted octanol–water partition coefficient (Wildman–Crippen LogP) is 16.4. The van der Waals surface area contributed by atoms with Crippen LogP contribution in [0.1, 0.15) is 0 Å². The van der Waals surface area contributed by atoms with E-state index in [1.807, 2.05) is 0 Å². The van der Waals surface area contributed by atoms with Crippen LogP contribution in [0.3, 0.4) is 0 Å². The molecule has 0 N–H and O–H groups in total. The van der Waals surface area contributed by atoms with E-state index in [4.69, 9.17) is 4.42 Å². The molecule has 12 rings (SSSR count). The molecule has 2 heterocycles. The summed E-state index contributed by atoms with van der Waals surface area (Å²) in [4.78, 5) is 4.67. The number of anilines is 6. The molecule has 0 unspecified atom stereocenters. The zero-order valence-corrected chi connectivity index (χ0v) is 33.8. The second kappa shape index (κ2) is 14.7. The van der Waals surface area contributed by atoms with Crippen molar-refractivity contribution in [1.29, 1.82) is 0 Å². The average Bonchev–Trinajstić information content (AvgIpc) is 3.89. The van der Waals surface area contributed by atoms with Crippen LogP contribution >= 0.6 is 0 Å². The van der Waals surface area contributed by atoms with Gasteiger partial charge in [-0.25, -0.2) is 0 Å². The Bertz CT molecular complexity index is 3560. The number of benzene rings is 10. The van der Waals surface area contributed by atoms with Crippen LogP contribution in [0.5, 0.6) is 0 Å². The van der Waals surface area contributed by atoms with E-state index in [2.05, 4.69) is 251 Å². The monoisotopic (exact) mass is 793 g/mol. The Balaban J connectivity index is 0.912. The van der Waals surface area contributed by atoms with Crippen LogP contribution in [0.25, 0.3) is 71.3 Å². The van der Waals surface area contributed by atoms with E-state index >= 15 is 0 Å². The molecular weight excluding hydrogens is 755 g/mol. The molecule has 2 aromatic heterocycles. The zero-order valence-electron chi connectivity index (χ0n) is 33.8. The lowest BCUT2D eigenvalue weighted by molar-refractivity contribution is 0.669. The molecule has 0 atom stereocenters. The first-order chi connectivity index (χ1) is 30.7. The molecule has 0 aliphatic carbocycles. The summed E-state index contributed by atoms with van der Waals surface area (Å²) in [6, 6.07) is 84.5. The van der Waals surface area contributed by atoms with Gasteiger partial charge in [0.05, 0.1) is 11.0 Å². The molecule has 0 saturated heterocycles. The van der Waals surface area contributed by atoms with Gasteiger partial charge in [-0.15, -0.1) is 0 Å². The van der Waals surface area contributed by atoms with E-state index < -0.39 is 0 Å². The normalized spacial score (nSPS) is 11.5. The van der Waals surface area contributed by atoms with Crippen molar-refractivity contribution in [3.63, 3.8) is 0 Å². The number of hydrogen-bond acceptors (Lipinski definition) is 3. The van der Waals surface area contributed by atoms with Crippen molar-refractivity contribution in [1.82, 2.24) is 4.57 Å². The highest BCUT2D eigenvalue weighted by molar-refractivity contribution is 6.19. The van der Waals surface area contributed by atoms with Gasteiger partial charge in [0.15, 0.2) is 0 Å². The molecule has 12 aromatic rings. The number of fused-ring (bicyclic) bond motifs is 8. The summed E-state index contributed by atoms with van der Waals surface area (Å²) in [7, 11) is 0. The van der Waals surface area contributed by atoms with E-state index in [-0.39, 0.29) is 0 Å². The second-order valence-corrected chi connectivity index (χ2v) is 15.8. The van der Waals surface area contributed by atoms with E-state index in [1.165, 1.54) is 32.6 Å². The molecule has 0 radical (unpaired) electrons. The quantitative estimate of drug-likeness (QED) is 0.153. The minimum Gasteiger partial charge on any atom is -0.456 e. The standard InChI is InChI=1S/C58H39N3O/c1-4-15-43(16-5-1)59(48-34-37-56-53(38-48)58-50-21-11-10-14-42(50)28-36-57(58)62-56)46-29-24-40(25-30-46)41-26-31-47(32-27-41)60(44-17-6-2-7-18-44)49-33-35-52-51-22-12-13-23-54(51)61(55(52)39-49)45-19-8-3-9-20-45/h1-39H. The molecule has 292 valence electrons. The summed E-state index contributed by atoms with van der Waals surface area (Å²) in [6.07, 6.45) is 0. The third-order valence-electron chi connectivity index (χ3n) is 12.1. The molecule has 0 fully saturated rings. The highest BCUT2D eigenvalue weighted by atomic mass is 16.3. The van der Waals surface area contributed by atoms with Gasteiger partial charge in [0, 0.05) is 61.4 Å². The Hall–Kier alpha value is -8.34. The first-order valence-corrected chi connectivity index (χ1v) is 21.1. The van der Waals surface area contributed by atoms with Gasteiger partial charge < -0.3 is 18.8 Å². The van der Waals surface area contributed by atoms with Gasteiger partial charge in [-0.05, 0) is 125 Å². The number of nitrogens with zero attached hydrogens (tertiary/aromatic N) is 3. The third kappa shape index (κ3) is 6.00. The molecule has 4 heteroatoms. The fourth-order valence-electron chi connectivity index (χ4n) is 9.28. The predicted molar refractivity (Wildman–Crippen MR) is 260 cm³/mol. The number of hydrogen-bond donors (Lipinski definition) is 0. The maximum Gasteiger partial charge on any atom is 0.136 e. The van der Waals surface area contributed by atoms with Crippen LogP contribution in [0.2, 0.25) is 0 Å². The fourth-order valence-corrected chi connectivity index (χ4v) is 9.28. The highest BCUT2D eigenvalue weighted by Gasteiger charge is 2.19. The Morgan fingerprint density at radius 2 is 0.790 bits per heavy atom. The number of aromatic nitrogens is 1. The molecule has 10 aromatic carbocycles. The van der Waals surface area contributed by atoms with E-state index in [9.17, 15) is 0 Å². The van der Waals surface area contributed by atoms with E-state index in [0.717, 1.165) is 72.9 Å². The summed E-state index contributed by atoms with van der Waals surface area (Å²) in [5, 5.41) is 7.13. The summed E-state index contributed by atoms with van der Waals surface area (Å²) >= 11 is 0. The molecular formula is C58H39N3O. The van der Waals surface area contributed by atoms with Gasteiger partial charge in [0.1, 0.15) is 11.2 Å². The van der Waals surface area contributed by atoms with Gasteiger partial charge in [-0.2, -0.15) is 0 Å². The van der Waals surface area contributed by atoms with Crippen molar-refractivity contribution >= 4 is 88.6 Å². The van der Waals surface area contributed by atoms with Crippen molar-refractivity contribution in [2.24, 2.45) is 0 Å². The molecule has 4 nitrogen and oxygen atoms in total. The minimum absolute atomic E-state index is 0.883. The van der Waals surface area contributed by atoms with Crippen LogP contribution in [0.15, 0.2) is 241 Å². The molecule has 0 aliphatic rings. The maximum absolute atomic E-state index is 6.37. The van der Waals surface area contributed by atoms with Gasteiger partial charge in [0.2, 0.25) is 0 Å². The van der Waals surface area contributed by atoms with Crippen LogP contribution in [-0.2, 0) is 0 Å². The number of para-hydroxylation sites is 4. The Labute approximate surface area is 359 Å². The highest BCUT2D eigenvalue weighted by Crippen LogP contribution is 2.43. The summed E-state index contributed by atoms with van der Waals surface area (Å²) in [5.74, 6) is 0. The molecule has 0 aliphatic heterocycles. The SMILES string of the molecule is c1ccc(N(c2ccc(-c3ccc(N(c4ccccc4)c4ccc5c6ccccc6n(-c6ccccc6)c5c4)cc3)cc2)c2ccc3oc4ccc5ccccc5c4c3c2)cc1. The topological polar surface area (TPSA) is 24.6 Å². The van der Waals surface area contributed by atoms with Crippen molar-refractivity contribution in [2.45, 2.75) is 0 Å². The summed E-state index contributed by atoms with van der Waals surface area (Å²) < 4.78 is 8.75. The summed E-state index contributed by atoms with van der Waals surface area (Å²) in [6.45, 7) is 0. The summed E-state index contributed by atoms with van der Waals surface area (Å²) in [5.41, 5.74) is 14.1. The van der Waals surface area contributed by atoms with Crippen molar-refractivity contribution in [2.75, 3.05) is 9.80 Å². The van der Waals surface area contributed by atoms with E-state index in [0.29, 0.717) is 0 Å². The molecule has 0 saturated carbocycles. The third-order valence-corrected chi connectivity index (χ3v) is 12.1. The minimum atomic E-state index is 0.883. The van der Waals surface area contributed by atoms with Crippen molar-refractivity contribution < 1.29 is 4.42 Å². The zero-order chi connectivity index (χ0) is 41.0. The fraction of sp³-hybridized carbons (Fsp3) is 0. The largest absolute Gasteiger partial charge is 0.456 e. The molecule has 0 spiro atoms. The van der Waals surface area contributed by atoms with Gasteiger partial charge in [-0.3, -0.25) is 0 Å². The first kappa shape index (κ1) is 35.6. The lowest BCUT2D eigenvalue weighted by Crippen LogP contribution is -2.10. The lowest BCUT2D eigenvalue weighted by Gasteiger charge is -2.26. The van der Waals surface area contributed by atoms with Crippen LogP contribution < -0.4 is 9.80 Å². The maximum atomic E-state index is 6.37. The van der Waals surface area contributed by atoms with Crippen LogP contribution in [-0.4, -0.2) is 4.57 Å².